The first-order chi connectivity index (χ1) is 16.5. The summed E-state index contributed by atoms with van der Waals surface area (Å²) in [6.45, 7) is 5.23. The van der Waals surface area contributed by atoms with Crippen molar-refractivity contribution in [2.75, 3.05) is 13.1 Å². The topological polar surface area (TPSA) is 78.1 Å². The Kier molecular flexibility index (Phi) is 5.88. The Hall–Kier alpha value is -3.93. The molecule has 2 aromatic carbocycles. The minimum atomic E-state index is -0.167. The number of benzene rings is 2. The fraction of sp³-hybridized carbons (Fsp3) is 0.250. The lowest BCUT2D eigenvalue weighted by Crippen LogP contribution is -2.49. The highest BCUT2D eigenvalue weighted by atomic mass is 16.2. The number of aromatic amines is 1. The SMILES string of the molecule is Cc1ccc(-c2ccccc2)c(C(=O)N2CCC[C@@H](NC(=O)c3cnc4cc[nH]c4c3)C2)c1C. The largest absolute Gasteiger partial charge is 0.360 e. The fourth-order valence-corrected chi connectivity index (χ4v) is 4.71. The Morgan fingerprint density at radius 3 is 2.74 bits per heavy atom. The van der Waals surface area contributed by atoms with Gasteiger partial charge in [-0.25, -0.2) is 0 Å². The number of pyridine rings is 1. The van der Waals surface area contributed by atoms with Gasteiger partial charge >= 0.3 is 0 Å². The quantitative estimate of drug-likeness (QED) is 0.463. The van der Waals surface area contributed by atoms with E-state index < -0.39 is 0 Å². The number of amides is 2. The summed E-state index contributed by atoms with van der Waals surface area (Å²) < 4.78 is 0. The molecule has 172 valence electrons. The summed E-state index contributed by atoms with van der Waals surface area (Å²) in [5.74, 6) is -0.145. The Labute approximate surface area is 199 Å². The third-order valence-electron chi connectivity index (χ3n) is 6.74. The van der Waals surface area contributed by atoms with Gasteiger partial charge < -0.3 is 15.2 Å². The number of hydrogen-bond donors (Lipinski definition) is 2. The maximum Gasteiger partial charge on any atom is 0.254 e. The first-order valence-electron chi connectivity index (χ1n) is 11.7. The molecule has 0 unspecified atom stereocenters. The van der Waals surface area contributed by atoms with E-state index in [1.165, 1.54) is 0 Å². The van der Waals surface area contributed by atoms with Crippen molar-refractivity contribution in [2.24, 2.45) is 0 Å². The van der Waals surface area contributed by atoms with Gasteiger partial charge in [-0.3, -0.25) is 14.6 Å². The first-order valence-corrected chi connectivity index (χ1v) is 11.7. The lowest BCUT2D eigenvalue weighted by Gasteiger charge is -2.34. The molecule has 1 aliphatic heterocycles. The maximum atomic E-state index is 13.8. The van der Waals surface area contributed by atoms with Gasteiger partial charge in [-0.05, 0) is 61.1 Å². The van der Waals surface area contributed by atoms with E-state index in [0.717, 1.165) is 51.7 Å². The zero-order chi connectivity index (χ0) is 23.7. The lowest BCUT2D eigenvalue weighted by atomic mass is 9.91. The molecule has 1 aliphatic rings. The standard InChI is InChI=1S/C28H28N4O2/c1-18-10-11-23(20-7-4-3-5-8-20)26(19(18)2)28(34)32-14-6-9-22(17-32)31-27(33)21-15-25-24(30-16-21)12-13-29-25/h3-5,7-8,10-13,15-16,22,29H,6,9,14,17H2,1-2H3,(H,31,33)/t22-/m1/s1. The number of hydrogen-bond acceptors (Lipinski definition) is 3. The van der Waals surface area contributed by atoms with Gasteiger partial charge in [0.25, 0.3) is 11.8 Å². The van der Waals surface area contributed by atoms with Crippen molar-refractivity contribution < 1.29 is 9.59 Å². The molecule has 2 N–H and O–H groups in total. The van der Waals surface area contributed by atoms with E-state index in [2.05, 4.69) is 21.4 Å². The van der Waals surface area contributed by atoms with Crippen LogP contribution in [0.25, 0.3) is 22.2 Å². The Morgan fingerprint density at radius 1 is 1.09 bits per heavy atom. The average Bonchev–Trinajstić information content (AvgIpc) is 3.34. The number of nitrogens with zero attached hydrogens (tertiary/aromatic N) is 2. The number of fused-ring (bicyclic) bond motifs is 1. The Bertz CT molecular complexity index is 1360. The van der Waals surface area contributed by atoms with Crippen LogP contribution in [0.1, 0.15) is 44.7 Å². The van der Waals surface area contributed by atoms with Gasteiger partial charge in [-0.1, -0.05) is 42.5 Å². The maximum absolute atomic E-state index is 13.8. The molecule has 34 heavy (non-hydrogen) atoms. The zero-order valence-electron chi connectivity index (χ0n) is 19.5. The van der Waals surface area contributed by atoms with Crippen molar-refractivity contribution >= 4 is 22.8 Å². The van der Waals surface area contributed by atoms with Gasteiger partial charge in [-0.2, -0.15) is 0 Å². The molecule has 0 saturated carbocycles. The van der Waals surface area contributed by atoms with Gasteiger partial charge in [0.15, 0.2) is 0 Å². The molecule has 2 amide bonds. The van der Waals surface area contributed by atoms with Crippen molar-refractivity contribution in [3.63, 3.8) is 0 Å². The van der Waals surface area contributed by atoms with Crippen LogP contribution in [0.2, 0.25) is 0 Å². The molecular weight excluding hydrogens is 424 g/mol. The molecule has 5 rings (SSSR count). The molecule has 0 bridgehead atoms. The van der Waals surface area contributed by atoms with Crippen LogP contribution in [0, 0.1) is 13.8 Å². The molecule has 1 saturated heterocycles. The lowest BCUT2D eigenvalue weighted by molar-refractivity contribution is 0.0676. The minimum Gasteiger partial charge on any atom is -0.360 e. The number of likely N-dealkylation sites (tertiary alicyclic amines) is 1. The van der Waals surface area contributed by atoms with E-state index >= 15 is 0 Å². The van der Waals surface area contributed by atoms with Crippen LogP contribution in [0.5, 0.6) is 0 Å². The van der Waals surface area contributed by atoms with Gasteiger partial charge in [-0.15, -0.1) is 0 Å². The van der Waals surface area contributed by atoms with E-state index in [0.29, 0.717) is 18.7 Å². The van der Waals surface area contributed by atoms with Crippen LogP contribution in [-0.4, -0.2) is 45.8 Å². The number of H-pyrrole nitrogens is 1. The first kappa shape index (κ1) is 21.9. The molecule has 0 spiro atoms. The molecule has 6 nitrogen and oxygen atoms in total. The molecule has 6 heteroatoms. The predicted molar refractivity (Wildman–Crippen MR) is 134 cm³/mol. The fourth-order valence-electron chi connectivity index (χ4n) is 4.71. The van der Waals surface area contributed by atoms with E-state index in [1.807, 2.05) is 67.3 Å². The van der Waals surface area contributed by atoms with Crippen LogP contribution in [0.3, 0.4) is 0 Å². The number of carbonyl (C=O) groups excluding carboxylic acids is 2. The summed E-state index contributed by atoms with van der Waals surface area (Å²) in [5.41, 5.74) is 7.00. The van der Waals surface area contributed by atoms with E-state index in [1.54, 1.807) is 12.4 Å². The summed E-state index contributed by atoms with van der Waals surface area (Å²) in [7, 11) is 0. The van der Waals surface area contributed by atoms with Gasteiger partial charge in [0.05, 0.1) is 22.2 Å². The molecular formula is C28H28N4O2. The molecule has 4 aromatic rings. The second kappa shape index (κ2) is 9.14. The zero-order valence-corrected chi connectivity index (χ0v) is 19.5. The second-order valence-electron chi connectivity index (χ2n) is 8.99. The van der Waals surface area contributed by atoms with Gasteiger partial charge in [0.1, 0.15) is 0 Å². The van der Waals surface area contributed by atoms with Crippen molar-refractivity contribution in [2.45, 2.75) is 32.7 Å². The number of rotatable bonds is 4. The van der Waals surface area contributed by atoms with Crippen molar-refractivity contribution in [3.05, 3.63) is 89.2 Å². The minimum absolute atomic E-state index is 0.0217. The van der Waals surface area contributed by atoms with E-state index in [-0.39, 0.29) is 17.9 Å². The Balaban J connectivity index is 1.36. The molecule has 0 radical (unpaired) electrons. The van der Waals surface area contributed by atoms with Crippen LogP contribution in [0.15, 0.2) is 67.0 Å². The third-order valence-corrected chi connectivity index (χ3v) is 6.74. The normalized spacial score (nSPS) is 15.9. The van der Waals surface area contributed by atoms with Crippen molar-refractivity contribution in [1.82, 2.24) is 20.2 Å². The monoisotopic (exact) mass is 452 g/mol. The highest BCUT2D eigenvalue weighted by molar-refractivity contribution is 6.03. The van der Waals surface area contributed by atoms with Crippen molar-refractivity contribution in [1.29, 1.82) is 0 Å². The number of carbonyl (C=O) groups is 2. The summed E-state index contributed by atoms with van der Waals surface area (Å²) in [6.07, 6.45) is 5.09. The number of aryl methyl sites for hydroxylation is 1. The highest BCUT2D eigenvalue weighted by Gasteiger charge is 2.28. The van der Waals surface area contributed by atoms with E-state index in [4.69, 9.17) is 0 Å². The molecule has 0 aliphatic carbocycles. The second-order valence-corrected chi connectivity index (χ2v) is 8.99. The third kappa shape index (κ3) is 4.19. The number of aromatic nitrogens is 2. The van der Waals surface area contributed by atoms with Crippen molar-refractivity contribution in [3.8, 4) is 11.1 Å². The van der Waals surface area contributed by atoms with Crippen LogP contribution in [-0.2, 0) is 0 Å². The van der Waals surface area contributed by atoms with Gasteiger partial charge in [0.2, 0.25) is 0 Å². The van der Waals surface area contributed by atoms with E-state index in [9.17, 15) is 9.59 Å². The van der Waals surface area contributed by atoms with Crippen LogP contribution < -0.4 is 5.32 Å². The number of nitrogens with one attached hydrogen (secondary N) is 2. The predicted octanol–water partition coefficient (Wildman–Crippen LogP) is 4.88. The van der Waals surface area contributed by atoms with Crippen LogP contribution in [0.4, 0.5) is 0 Å². The summed E-state index contributed by atoms with van der Waals surface area (Å²) in [4.78, 5) is 36.0. The number of piperidine rings is 1. The summed E-state index contributed by atoms with van der Waals surface area (Å²) in [6, 6.07) is 17.7. The molecule has 3 heterocycles. The van der Waals surface area contributed by atoms with Crippen LogP contribution >= 0.6 is 0 Å². The molecule has 1 fully saturated rings. The molecule has 2 aromatic heterocycles. The smallest absolute Gasteiger partial charge is 0.254 e. The summed E-state index contributed by atoms with van der Waals surface area (Å²) in [5, 5.41) is 3.11. The summed E-state index contributed by atoms with van der Waals surface area (Å²) >= 11 is 0. The van der Waals surface area contributed by atoms with Gasteiger partial charge in [0, 0.05) is 31.5 Å². The molecule has 1 atom stereocenters. The highest BCUT2D eigenvalue weighted by Crippen LogP contribution is 2.30. The Morgan fingerprint density at radius 2 is 1.91 bits per heavy atom. The average molecular weight is 453 g/mol.